The van der Waals surface area contributed by atoms with Gasteiger partial charge in [0.25, 0.3) is 0 Å². The van der Waals surface area contributed by atoms with E-state index >= 15 is 0 Å². The third-order valence-electron chi connectivity index (χ3n) is 7.49. The fourth-order valence-electron chi connectivity index (χ4n) is 5.81. The minimum Gasteiger partial charge on any atom is -0.504 e. The summed E-state index contributed by atoms with van der Waals surface area (Å²) < 4.78 is 12.2. The first kappa shape index (κ1) is 26.9. The zero-order valence-corrected chi connectivity index (χ0v) is 24.1. The second-order valence-corrected chi connectivity index (χ2v) is 11.9. The van der Waals surface area contributed by atoms with E-state index in [0.29, 0.717) is 33.9 Å². The van der Waals surface area contributed by atoms with E-state index in [1.165, 1.54) is 18.4 Å². The van der Waals surface area contributed by atoms with Crippen molar-refractivity contribution in [3.63, 3.8) is 0 Å². The topological polar surface area (TPSA) is 88.0 Å². The highest BCUT2D eigenvalue weighted by atomic mass is 32.1. The van der Waals surface area contributed by atoms with Gasteiger partial charge in [-0.2, -0.15) is 0 Å². The molecular weight excluding hydrogens is 534 g/mol. The number of hydrogen-bond donors (Lipinski definition) is 3. The van der Waals surface area contributed by atoms with Gasteiger partial charge in [-0.15, -0.1) is 11.3 Å². The van der Waals surface area contributed by atoms with Crippen LogP contribution in [0.1, 0.15) is 65.2 Å². The van der Waals surface area contributed by atoms with E-state index in [4.69, 9.17) is 9.47 Å². The predicted octanol–water partition coefficient (Wildman–Crippen LogP) is 7.93. The summed E-state index contributed by atoms with van der Waals surface area (Å²) >= 11 is 1.44. The van der Waals surface area contributed by atoms with Gasteiger partial charge in [-0.1, -0.05) is 42.5 Å². The van der Waals surface area contributed by atoms with Crippen molar-refractivity contribution in [2.24, 2.45) is 0 Å². The predicted molar refractivity (Wildman–Crippen MR) is 165 cm³/mol. The zero-order chi connectivity index (χ0) is 28.9. The molecule has 0 saturated carbocycles. The molecule has 0 amide bonds. The second-order valence-electron chi connectivity index (χ2n) is 10.9. The minimum absolute atomic E-state index is 0.0239. The number of nitrogens with one attached hydrogen (secondary N) is 1. The molecule has 4 aromatic rings. The van der Waals surface area contributed by atoms with E-state index in [9.17, 15) is 15.0 Å². The summed E-state index contributed by atoms with van der Waals surface area (Å²) in [7, 11) is 1.53. The Morgan fingerprint density at radius 3 is 2.61 bits per heavy atom. The fourth-order valence-corrected chi connectivity index (χ4v) is 6.64. The number of anilines is 1. The molecule has 6 rings (SSSR count). The summed E-state index contributed by atoms with van der Waals surface area (Å²) in [5.41, 5.74) is 6.46. The van der Waals surface area contributed by atoms with Crippen LogP contribution in [0.15, 0.2) is 72.1 Å². The number of ether oxygens (including phenoxy) is 2. The van der Waals surface area contributed by atoms with Crippen molar-refractivity contribution in [1.29, 1.82) is 0 Å². The van der Waals surface area contributed by atoms with Crippen LogP contribution in [0.25, 0.3) is 28.5 Å². The number of hydrogen-bond acceptors (Lipinski definition) is 7. The van der Waals surface area contributed by atoms with Gasteiger partial charge in [0.2, 0.25) is 0 Å². The van der Waals surface area contributed by atoms with Crippen molar-refractivity contribution >= 4 is 40.2 Å². The fraction of sp³-hybridized carbons (Fsp3) is 0.206. The highest BCUT2D eigenvalue weighted by Gasteiger charge is 2.34. The number of phenolic OH excluding ortho intramolecular Hbond substituents is 1. The van der Waals surface area contributed by atoms with Crippen molar-refractivity contribution in [1.82, 2.24) is 0 Å². The molecule has 0 spiro atoms. The summed E-state index contributed by atoms with van der Waals surface area (Å²) in [5, 5.41) is 26.8. The number of aliphatic hydroxyl groups excluding tert-OH is 1. The Morgan fingerprint density at radius 2 is 1.85 bits per heavy atom. The smallest absolute Gasteiger partial charge is 0.172 e. The van der Waals surface area contributed by atoms with Crippen LogP contribution < -0.4 is 14.8 Å². The van der Waals surface area contributed by atoms with Crippen molar-refractivity contribution in [2.75, 3.05) is 12.4 Å². The Bertz CT molecular complexity index is 1730. The lowest BCUT2D eigenvalue weighted by atomic mass is 9.83. The molecule has 6 nitrogen and oxygen atoms in total. The van der Waals surface area contributed by atoms with Crippen LogP contribution in [0.5, 0.6) is 17.2 Å². The summed E-state index contributed by atoms with van der Waals surface area (Å²) in [4.78, 5) is 14.1. The molecule has 1 aromatic heterocycles. The maximum atomic E-state index is 13.4. The maximum Gasteiger partial charge on any atom is 0.172 e. The Morgan fingerprint density at radius 1 is 1.07 bits per heavy atom. The number of thiophene rings is 1. The number of Topliss-reactive ketones (excluding diaryl/α,β-unsaturated/α-hetero) is 1. The lowest BCUT2D eigenvalue weighted by Gasteiger charge is -2.35. The molecule has 1 unspecified atom stereocenters. The van der Waals surface area contributed by atoms with Crippen LogP contribution in [0.2, 0.25) is 0 Å². The maximum absolute atomic E-state index is 13.4. The SMILES string of the molecule is COc1c(O)ccc2c1-c1ccc3c(c1C(=Cc1sccc1C(=O)CC(O)c1ccccc1)O2)C(C)=CC(C)(C)N3. The van der Waals surface area contributed by atoms with Crippen molar-refractivity contribution < 1.29 is 24.5 Å². The molecule has 0 saturated heterocycles. The number of phenols is 1. The van der Waals surface area contributed by atoms with E-state index < -0.39 is 6.10 Å². The number of methoxy groups -OCH3 is 1. The lowest BCUT2D eigenvalue weighted by Crippen LogP contribution is -2.32. The zero-order valence-electron chi connectivity index (χ0n) is 23.3. The molecule has 0 radical (unpaired) electrons. The van der Waals surface area contributed by atoms with Crippen LogP contribution in [0.4, 0.5) is 5.69 Å². The summed E-state index contributed by atoms with van der Waals surface area (Å²) in [6.07, 6.45) is 3.18. The Hall–Kier alpha value is -4.33. The summed E-state index contributed by atoms with van der Waals surface area (Å²) in [6, 6.07) is 18.4. The summed E-state index contributed by atoms with van der Waals surface area (Å²) in [6.45, 7) is 6.32. The van der Waals surface area contributed by atoms with Crippen LogP contribution in [-0.2, 0) is 0 Å². The Labute approximate surface area is 243 Å². The normalized spacial score (nSPS) is 16.4. The van der Waals surface area contributed by atoms with Crippen molar-refractivity contribution in [3.8, 4) is 28.4 Å². The molecule has 3 heterocycles. The number of aromatic hydroxyl groups is 1. The number of ketones is 1. The molecule has 208 valence electrons. The number of carbonyl (C=O) groups is 1. The van der Waals surface area contributed by atoms with E-state index in [1.807, 2.05) is 53.9 Å². The molecule has 0 bridgehead atoms. The molecule has 3 N–H and O–H groups in total. The standard InChI is InChI=1S/C34H31NO5S/c1-19-18-34(2,3)35-23-11-10-22-31(30(19)23)28(40-27-13-12-24(36)33(39-4)32(22)27)17-29-21(14-15-41-29)26(38)16-25(37)20-8-6-5-7-9-20/h5-15,17-18,25,35-37H,16H2,1-4H3. The monoisotopic (exact) mass is 565 g/mol. The molecule has 2 aliphatic heterocycles. The number of fused-ring (bicyclic) bond motifs is 5. The quantitative estimate of drug-likeness (QED) is 0.206. The Kier molecular flexibility index (Phi) is 6.72. The molecule has 0 aliphatic carbocycles. The van der Waals surface area contributed by atoms with Crippen LogP contribution in [0.3, 0.4) is 0 Å². The average molecular weight is 566 g/mol. The van der Waals surface area contributed by atoms with Gasteiger partial charge >= 0.3 is 0 Å². The molecular formula is C34H31NO5S. The molecule has 2 aliphatic rings. The summed E-state index contributed by atoms with van der Waals surface area (Å²) in [5.74, 6) is 1.36. The first-order valence-electron chi connectivity index (χ1n) is 13.5. The first-order chi connectivity index (χ1) is 19.7. The van der Waals surface area contributed by atoms with Crippen molar-refractivity contribution in [3.05, 3.63) is 99.3 Å². The highest BCUT2D eigenvalue weighted by molar-refractivity contribution is 7.11. The molecule has 1 atom stereocenters. The Balaban J connectivity index is 1.49. The third-order valence-corrected chi connectivity index (χ3v) is 8.36. The van der Waals surface area contributed by atoms with E-state index in [-0.39, 0.29) is 23.5 Å². The molecule has 3 aromatic carbocycles. The molecule has 41 heavy (non-hydrogen) atoms. The molecule has 7 heteroatoms. The van der Waals surface area contributed by atoms with Gasteiger partial charge in [-0.25, -0.2) is 0 Å². The third kappa shape index (κ3) is 4.81. The van der Waals surface area contributed by atoms with Gasteiger partial charge < -0.3 is 25.0 Å². The van der Waals surface area contributed by atoms with E-state index in [0.717, 1.165) is 32.8 Å². The van der Waals surface area contributed by atoms with Crippen LogP contribution >= 0.6 is 11.3 Å². The lowest BCUT2D eigenvalue weighted by molar-refractivity contribution is 0.0880. The van der Waals surface area contributed by atoms with Gasteiger partial charge in [-0.05, 0) is 67.6 Å². The van der Waals surface area contributed by atoms with Gasteiger partial charge in [0.15, 0.2) is 17.3 Å². The average Bonchev–Trinajstić information content (AvgIpc) is 3.41. The number of allylic oxidation sites excluding steroid dienone is 1. The second kappa shape index (κ2) is 10.3. The number of carbonyl (C=O) groups excluding carboxylic acids is 1. The van der Waals surface area contributed by atoms with Crippen LogP contribution in [-0.4, -0.2) is 28.6 Å². The van der Waals surface area contributed by atoms with Gasteiger partial charge in [0.1, 0.15) is 11.5 Å². The first-order valence-corrected chi connectivity index (χ1v) is 14.3. The number of aliphatic hydroxyl groups is 1. The molecule has 0 fully saturated rings. The number of benzene rings is 3. The highest BCUT2D eigenvalue weighted by Crippen LogP contribution is 2.54. The van der Waals surface area contributed by atoms with E-state index in [2.05, 4.69) is 32.2 Å². The van der Waals surface area contributed by atoms with Gasteiger partial charge in [0, 0.05) is 39.2 Å². The van der Waals surface area contributed by atoms with Gasteiger partial charge in [-0.3, -0.25) is 4.79 Å². The van der Waals surface area contributed by atoms with Crippen molar-refractivity contribution in [2.45, 2.75) is 38.8 Å². The minimum atomic E-state index is -0.892. The largest absolute Gasteiger partial charge is 0.504 e. The van der Waals surface area contributed by atoms with Gasteiger partial charge in [0.05, 0.1) is 24.3 Å². The van der Waals surface area contributed by atoms with E-state index in [1.54, 1.807) is 18.2 Å². The number of rotatable bonds is 6. The van der Waals surface area contributed by atoms with Crippen LogP contribution in [0, 0.1) is 0 Å².